The molecule has 1 heterocycles. The molecular weight excluding hydrogens is 158 g/mol. The summed E-state index contributed by atoms with van der Waals surface area (Å²) in [6.45, 7) is 5.91. The van der Waals surface area contributed by atoms with Gasteiger partial charge in [0, 0.05) is 12.6 Å². The van der Waals surface area contributed by atoms with E-state index in [1.807, 2.05) is 6.92 Å². The van der Waals surface area contributed by atoms with E-state index in [1.54, 1.807) is 13.8 Å². The number of aryl methyl sites for hydroxylation is 1. The molecule has 0 unspecified atom stereocenters. The van der Waals surface area contributed by atoms with Crippen molar-refractivity contribution in [2.75, 3.05) is 0 Å². The van der Waals surface area contributed by atoms with Crippen molar-refractivity contribution in [3.63, 3.8) is 0 Å². The predicted molar refractivity (Wildman–Crippen MR) is 45.4 cm³/mol. The van der Waals surface area contributed by atoms with Gasteiger partial charge in [-0.1, -0.05) is 0 Å². The molecule has 1 aromatic heterocycles. The molecule has 5 nitrogen and oxygen atoms in total. The summed E-state index contributed by atoms with van der Waals surface area (Å²) in [6.07, 6.45) is 0. The Morgan fingerprint density at radius 2 is 2.00 bits per heavy atom. The average molecular weight is 171 g/mol. The first-order valence-electron chi connectivity index (χ1n) is 3.99. The molecule has 0 aliphatic rings. The second-order valence-electron chi connectivity index (χ2n) is 2.91. The van der Waals surface area contributed by atoms with Crippen LogP contribution in [0.3, 0.4) is 0 Å². The fourth-order valence-corrected chi connectivity index (χ4v) is 1.10. The first kappa shape index (κ1) is 8.83. The summed E-state index contributed by atoms with van der Waals surface area (Å²) in [5.41, 5.74) is -0.602. The summed E-state index contributed by atoms with van der Waals surface area (Å²) in [6, 6.07) is -0.0888. The van der Waals surface area contributed by atoms with Gasteiger partial charge in [0.2, 0.25) is 0 Å². The molecule has 1 aromatic rings. The highest BCUT2D eigenvalue weighted by Gasteiger charge is 2.09. The van der Waals surface area contributed by atoms with Crippen LogP contribution in [0, 0.1) is 0 Å². The van der Waals surface area contributed by atoms with E-state index in [0.717, 1.165) is 0 Å². The lowest BCUT2D eigenvalue weighted by atomic mass is 10.4. The van der Waals surface area contributed by atoms with E-state index in [0.29, 0.717) is 6.54 Å². The molecule has 0 saturated carbocycles. The quantitative estimate of drug-likeness (QED) is 0.677. The van der Waals surface area contributed by atoms with E-state index >= 15 is 0 Å². The van der Waals surface area contributed by atoms with Gasteiger partial charge in [-0.15, -0.1) is 0 Å². The second-order valence-corrected chi connectivity index (χ2v) is 2.91. The van der Waals surface area contributed by atoms with E-state index < -0.39 is 0 Å². The third kappa shape index (κ3) is 1.22. The minimum Gasteiger partial charge on any atom is -0.246 e. The van der Waals surface area contributed by atoms with E-state index in [-0.39, 0.29) is 17.4 Å². The van der Waals surface area contributed by atoms with Crippen LogP contribution in [-0.2, 0) is 6.54 Å². The molecule has 0 aromatic carbocycles. The minimum absolute atomic E-state index is 0.0888. The van der Waals surface area contributed by atoms with Gasteiger partial charge < -0.3 is 0 Å². The number of nitrogens with one attached hydrogen (secondary N) is 1. The van der Waals surface area contributed by atoms with Crippen LogP contribution >= 0.6 is 0 Å². The summed E-state index contributed by atoms with van der Waals surface area (Å²) in [7, 11) is 0. The number of hydrogen-bond donors (Lipinski definition) is 1. The Kier molecular flexibility index (Phi) is 2.21. The maximum Gasteiger partial charge on any atom is 0.347 e. The highest BCUT2D eigenvalue weighted by atomic mass is 16.2. The van der Waals surface area contributed by atoms with Crippen LogP contribution in [-0.4, -0.2) is 14.3 Å². The highest BCUT2D eigenvalue weighted by Crippen LogP contribution is 1.92. The molecule has 0 aliphatic heterocycles. The maximum atomic E-state index is 11.4. The van der Waals surface area contributed by atoms with Gasteiger partial charge in [0.25, 0.3) is 0 Å². The number of aromatic nitrogens is 3. The molecule has 1 rings (SSSR count). The summed E-state index contributed by atoms with van der Waals surface area (Å²) in [5.74, 6) is 0. The van der Waals surface area contributed by atoms with Crippen LogP contribution in [0.15, 0.2) is 9.59 Å². The van der Waals surface area contributed by atoms with E-state index in [2.05, 4.69) is 5.10 Å². The Bertz CT molecular complexity index is 369. The first-order valence-corrected chi connectivity index (χ1v) is 3.99. The van der Waals surface area contributed by atoms with Crippen LogP contribution in [0.4, 0.5) is 0 Å². The molecule has 68 valence electrons. The summed E-state index contributed by atoms with van der Waals surface area (Å²) >= 11 is 0. The topological polar surface area (TPSA) is 59.8 Å². The predicted octanol–water partition coefficient (Wildman–Crippen LogP) is -0.0611. The summed E-state index contributed by atoms with van der Waals surface area (Å²) in [4.78, 5) is 22.5. The van der Waals surface area contributed by atoms with Gasteiger partial charge in [-0.05, 0) is 20.8 Å². The smallest absolute Gasteiger partial charge is 0.246 e. The molecule has 12 heavy (non-hydrogen) atoms. The van der Waals surface area contributed by atoms with Crippen LogP contribution < -0.4 is 11.4 Å². The number of rotatable bonds is 2. The Hall–Kier alpha value is -1.26. The highest BCUT2D eigenvalue weighted by molar-refractivity contribution is 4.72. The molecule has 0 amide bonds. The van der Waals surface area contributed by atoms with Gasteiger partial charge in [-0.2, -0.15) is 0 Å². The van der Waals surface area contributed by atoms with Gasteiger partial charge in [-0.3, -0.25) is 0 Å². The van der Waals surface area contributed by atoms with E-state index in [4.69, 9.17) is 0 Å². The lowest BCUT2D eigenvalue weighted by molar-refractivity contribution is 0.545. The SMILES string of the molecule is CCn1[nH]c(=O)n(C(C)C)c1=O. The Morgan fingerprint density at radius 3 is 2.25 bits per heavy atom. The molecule has 1 N–H and O–H groups in total. The van der Waals surface area contributed by atoms with Gasteiger partial charge in [0.1, 0.15) is 0 Å². The normalized spacial score (nSPS) is 11.0. The lowest BCUT2D eigenvalue weighted by Crippen LogP contribution is -2.30. The lowest BCUT2D eigenvalue weighted by Gasteiger charge is -2.00. The van der Waals surface area contributed by atoms with Crippen molar-refractivity contribution in [1.29, 1.82) is 0 Å². The fraction of sp³-hybridized carbons (Fsp3) is 0.714. The van der Waals surface area contributed by atoms with Gasteiger partial charge in [-0.25, -0.2) is 23.9 Å². The van der Waals surface area contributed by atoms with Crippen LogP contribution in [0.25, 0.3) is 0 Å². The van der Waals surface area contributed by atoms with Crippen molar-refractivity contribution in [2.45, 2.75) is 33.4 Å². The standard InChI is InChI=1S/C7H13N3O2/c1-4-9-7(12)10(5(2)3)6(11)8-9/h5H,4H2,1-3H3,(H,8,11). The van der Waals surface area contributed by atoms with E-state index in [1.165, 1.54) is 9.25 Å². The Balaban J connectivity index is 3.39. The Morgan fingerprint density at radius 1 is 1.42 bits per heavy atom. The van der Waals surface area contributed by atoms with Crippen molar-refractivity contribution >= 4 is 0 Å². The molecule has 0 atom stereocenters. The van der Waals surface area contributed by atoms with Crippen molar-refractivity contribution < 1.29 is 0 Å². The molecule has 5 heteroatoms. The molecule has 0 aliphatic carbocycles. The van der Waals surface area contributed by atoms with Crippen molar-refractivity contribution in [3.8, 4) is 0 Å². The average Bonchev–Trinajstić information content (AvgIpc) is 2.25. The number of H-pyrrole nitrogens is 1. The largest absolute Gasteiger partial charge is 0.347 e. The first-order chi connectivity index (χ1) is 5.57. The number of hydrogen-bond acceptors (Lipinski definition) is 2. The van der Waals surface area contributed by atoms with Gasteiger partial charge in [0.05, 0.1) is 0 Å². The molecule has 0 fully saturated rings. The van der Waals surface area contributed by atoms with Crippen molar-refractivity contribution in [3.05, 3.63) is 21.0 Å². The molecule has 0 bridgehead atoms. The molecule has 0 radical (unpaired) electrons. The zero-order chi connectivity index (χ0) is 9.30. The van der Waals surface area contributed by atoms with Gasteiger partial charge in [0.15, 0.2) is 0 Å². The zero-order valence-corrected chi connectivity index (χ0v) is 7.50. The fourth-order valence-electron chi connectivity index (χ4n) is 1.10. The molecule has 0 saturated heterocycles. The van der Waals surface area contributed by atoms with Crippen molar-refractivity contribution in [1.82, 2.24) is 14.3 Å². The zero-order valence-electron chi connectivity index (χ0n) is 7.50. The molecular formula is C7H13N3O2. The summed E-state index contributed by atoms with van der Waals surface area (Å²) < 4.78 is 2.49. The number of nitrogens with zero attached hydrogens (tertiary/aromatic N) is 2. The van der Waals surface area contributed by atoms with Crippen LogP contribution in [0.1, 0.15) is 26.8 Å². The third-order valence-electron chi connectivity index (χ3n) is 1.72. The monoisotopic (exact) mass is 171 g/mol. The van der Waals surface area contributed by atoms with Gasteiger partial charge >= 0.3 is 11.4 Å². The Labute approximate surface area is 69.6 Å². The second kappa shape index (κ2) is 3.00. The third-order valence-corrected chi connectivity index (χ3v) is 1.72. The van der Waals surface area contributed by atoms with E-state index in [9.17, 15) is 9.59 Å². The van der Waals surface area contributed by atoms with Crippen molar-refractivity contribution in [2.24, 2.45) is 0 Å². The maximum absolute atomic E-state index is 11.4. The van der Waals surface area contributed by atoms with Crippen LogP contribution in [0.5, 0.6) is 0 Å². The van der Waals surface area contributed by atoms with Crippen LogP contribution in [0.2, 0.25) is 0 Å². The molecule has 0 spiro atoms. The summed E-state index contributed by atoms with van der Waals surface area (Å²) in [5, 5.41) is 2.46. The minimum atomic E-state index is -0.336. The number of aromatic amines is 1.